The smallest absolute Gasteiger partial charge is 0.416 e. The van der Waals surface area contributed by atoms with Gasteiger partial charge in [0.2, 0.25) is 0 Å². The fourth-order valence-corrected chi connectivity index (χ4v) is 2.33. The monoisotopic (exact) mass is 303 g/mol. The molecule has 0 bridgehead atoms. The number of benzene rings is 1. The SMILES string of the molecule is CCC(Cc1ccccc1C(F)(F)F)CC(C)(N)C(=O)O. The van der Waals surface area contributed by atoms with Crippen molar-refractivity contribution in [2.45, 2.75) is 44.8 Å². The quantitative estimate of drug-likeness (QED) is 0.846. The molecule has 0 aliphatic carbocycles. The summed E-state index contributed by atoms with van der Waals surface area (Å²) in [5.41, 5.74) is 3.76. The van der Waals surface area contributed by atoms with Crippen LogP contribution in [0.2, 0.25) is 0 Å². The first-order valence-electron chi connectivity index (χ1n) is 6.75. The van der Waals surface area contributed by atoms with E-state index in [1.54, 1.807) is 6.07 Å². The van der Waals surface area contributed by atoms with E-state index in [0.717, 1.165) is 6.07 Å². The Hall–Kier alpha value is -1.56. The summed E-state index contributed by atoms with van der Waals surface area (Å²) in [6, 6.07) is 5.37. The van der Waals surface area contributed by atoms with Gasteiger partial charge in [0, 0.05) is 0 Å². The van der Waals surface area contributed by atoms with E-state index in [-0.39, 0.29) is 24.3 Å². The van der Waals surface area contributed by atoms with Crippen molar-refractivity contribution in [3.8, 4) is 0 Å². The van der Waals surface area contributed by atoms with E-state index in [4.69, 9.17) is 10.8 Å². The average Bonchev–Trinajstić information content (AvgIpc) is 2.36. The van der Waals surface area contributed by atoms with Crippen LogP contribution in [0.4, 0.5) is 13.2 Å². The maximum absolute atomic E-state index is 13.0. The molecule has 0 amide bonds. The molecule has 3 N–H and O–H groups in total. The molecule has 1 aromatic rings. The van der Waals surface area contributed by atoms with Crippen molar-refractivity contribution in [2.24, 2.45) is 11.7 Å². The summed E-state index contributed by atoms with van der Waals surface area (Å²) in [7, 11) is 0. The molecule has 0 spiro atoms. The van der Waals surface area contributed by atoms with Crippen molar-refractivity contribution < 1.29 is 23.1 Å². The molecule has 0 heterocycles. The third-order valence-electron chi connectivity index (χ3n) is 3.61. The highest BCUT2D eigenvalue weighted by Gasteiger charge is 2.35. The number of carboxylic acid groups (broad SMARTS) is 1. The summed E-state index contributed by atoms with van der Waals surface area (Å²) < 4.78 is 38.9. The standard InChI is InChI=1S/C15H20F3NO2/c1-3-10(9-14(2,19)13(20)21)8-11-6-4-5-7-12(11)15(16,17)18/h4-7,10H,3,8-9,19H2,1-2H3,(H,20,21). The van der Waals surface area contributed by atoms with Crippen molar-refractivity contribution in [3.05, 3.63) is 35.4 Å². The molecule has 21 heavy (non-hydrogen) atoms. The van der Waals surface area contributed by atoms with Gasteiger partial charge >= 0.3 is 12.1 Å². The second-order valence-electron chi connectivity index (χ2n) is 5.56. The molecule has 1 rings (SSSR count). The third-order valence-corrected chi connectivity index (χ3v) is 3.61. The molecule has 0 saturated carbocycles. The Morgan fingerprint density at radius 1 is 1.33 bits per heavy atom. The normalized spacial score (nSPS) is 16.3. The molecule has 1 aromatic carbocycles. The molecular weight excluding hydrogens is 283 g/mol. The molecule has 0 aromatic heterocycles. The lowest BCUT2D eigenvalue weighted by molar-refractivity contribution is -0.143. The molecule has 0 fully saturated rings. The van der Waals surface area contributed by atoms with Crippen LogP contribution >= 0.6 is 0 Å². The Balaban J connectivity index is 2.96. The summed E-state index contributed by atoms with van der Waals surface area (Å²) in [6.45, 7) is 3.20. The fraction of sp³-hybridized carbons (Fsp3) is 0.533. The molecule has 0 aliphatic rings. The lowest BCUT2D eigenvalue weighted by atomic mass is 9.83. The number of nitrogens with two attached hydrogens (primary N) is 1. The van der Waals surface area contributed by atoms with E-state index in [0.29, 0.717) is 6.42 Å². The Morgan fingerprint density at radius 2 is 1.90 bits per heavy atom. The van der Waals surface area contributed by atoms with Crippen LogP contribution in [0, 0.1) is 5.92 Å². The lowest BCUT2D eigenvalue weighted by Gasteiger charge is -2.26. The first kappa shape index (κ1) is 17.5. The Bertz CT molecular complexity index is 498. The minimum absolute atomic E-state index is 0.130. The molecule has 3 nitrogen and oxygen atoms in total. The zero-order chi connectivity index (χ0) is 16.3. The van der Waals surface area contributed by atoms with Gasteiger partial charge in [-0.15, -0.1) is 0 Å². The fourth-order valence-electron chi connectivity index (χ4n) is 2.33. The number of hydrogen-bond donors (Lipinski definition) is 2. The van der Waals surface area contributed by atoms with Gasteiger partial charge < -0.3 is 10.8 Å². The van der Waals surface area contributed by atoms with Crippen LogP contribution in [-0.4, -0.2) is 16.6 Å². The number of rotatable bonds is 6. The van der Waals surface area contributed by atoms with E-state index >= 15 is 0 Å². The first-order valence-corrected chi connectivity index (χ1v) is 6.75. The van der Waals surface area contributed by atoms with E-state index in [2.05, 4.69) is 0 Å². The predicted octanol–water partition coefficient (Wildman–Crippen LogP) is 3.47. The van der Waals surface area contributed by atoms with Gasteiger partial charge in [-0.3, -0.25) is 4.79 Å². The van der Waals surface area contributed by atoms with Gasteiger partial charge in [-0.1, -0.05) is 31.5 Å². The lowest BCUT2D eigenvalue weighted by Crippen LogP contribution is -2.46. The van der Waals surface area contributed by atoms with Gasteiger partial charge in [-0.2, -0.15) is 13.2 Å². The molecule has 0 saturated heterocycles. The second kappa shape index (κ2) is 6.47. The zero-order valence-corrected chi connectivity index (χ0v) is 12.1. The van der Waals surface area contributed by atoms with Gasteiger partial charge in [0.15, 0.2) is 0 Å². The largest absolute Gasteiger partial charge is 0.480 e. The maximum Gasteiger partial charge on any atom is 0.416 e. The van der Waals surface area contributed by atoms with Crippen molar-refractivity contribution in [2.75, 3.05) is 0 Å². The molecular formula is C15H20F3NO2. The van der Waals surface area contributed by atoms with Crippen LogP contribution in [0.1, 0.15) is 37.8 Å². The van der Waals surface area contributed by atoms with E-state index in [1.165, 1.54) is 19.1 Å². The molecule has 0 aliphatic heterocycles. The first-order chi connectivity index (χ1) is 9.58. The Morgan fingerprint density at radius 3 is 2.38 bits per heavy atom. The third kappa shape index (κ3) is 4.74. The van der Waals surface area contributed by atoms with E-state index in [1.807, 2.05) is 6.92 Å². The Labute approximate surface area is 122 Å². The van der Waals surface area contributed by atoms with Crippen LogP contribution in [0.5, 0.6) is 0 Å². The van der Waals surface area contributed by atoms with Crippen molar-refractivity contribution in [1.82, 2.24) is 0 Å². The highest BCUT2D eigenvalue weighted by atomic mass is 19.4. The van der Waals surface area contributed by atoms with E-state index in [9.17, 15) is 18.0 Å². The molecule has 2 atom stereocenters. The molecule has 2 unspecified atom stereocenters. The summed E-state index contributed by atoms with van der Waals surface area (Å²) in [5.74, 6) is -1.37. The minimum Gasteiger partial charge on any atom is -0.480 e. The van der Waals surface area contributed by atoms with Crippen LogP contribution < -0.4 is 5.73 Å². The molecule has 118 valence electrons. The molecule has 0 radical (unpaired) electrons. The van der Waals surface area contributed by atoms with Gasteiger partial charge in [0.25, 0.3) is 0 Å². The summed E-state index contributed by atoms with van der Waals surface area (Å²) >= 11 is 0. The van der Waals surface area contributed by atoms with Gasteiger partial charge in [-0.25, -0.2) is 0 Å². The van der Waals surface area contributed by atoms with Crippen molar-refractivity contribution in [3.63, 3.8) is 0 Å². The maximum atomic E-state index is 13.0. The van der Waals surface area contributed by atoms with Crippen LogP contribution in [0.3, 0.4) is 0 Å². The van der Waals surface area contributed by atoms with Gasteiger partial charge in [0.1, 0.15) is 5.54 Å². The predicted molar refractivity (Wildman–Crippen MR) is 73.8 cm³/mol. The van der Waals surface area contributed by atoms with Crippen molar-refractivity contribution in [1.29, 1.82) is 0 Å². The number of aliphatic carboxylic acids is 1. The highest BCUT2D eigenvalue weighted by Crippen LogP contribution is 2.34. The summed E-state index contributed by atoms with van der Waals surface area (Å²) in [5, 5.41) is 9.03. The van der Waals surface area contributed by atoms with Crippen LogP contribution in [0.25, 0.3) is 0 Å². The van der Waals surface area contributed by atoms with Crippen LogP contribution in [0.15, 0.2) is 24.3 Å². The molecule has 6 heteroatoms. The zero-order valence-electron chi connectivity index (χ0n) is 12.1. The van der Waals surface area contributed by atoms with Gasteiger partial charge in [0.05, 0.1) is 5.56 Å². The summed E-state index contributed by atoms with van der Waals surface area (Å²) in [6.07, 6.45) is -3.56. The number of alkyl halides is 3. The second-order valence-corrected chi connectivity index (χ2v) is 5.56. The van der Waals surface area contributed by atoms with Gasteiger partial charge in [-0.05, 0) is 37.3 Å². The topological polar surface area (TPSA) is 63.3 Å². The van der Waals surface area contributed by atoms with E-state index < -0.39 is 23.2 Å². The average molecular weight is 303 g/mol. The highest BCUT2D eigenvalue weighted by molar-refractivity contribution is 5.77. The summed E-state index contributed by atoms with van der Waals surface area (Å²) in [4.78, 5) is 11.0. The Kier molecular flexibility index (Phi) is 5.39. The van der Waals surface area contributed by atoms with Crippen molar-refractivity contribution >= 4 is 5.97 Å². The number of carboxylic acids is 1. The minimum atomic E-state index is -4.41. The van der Waals surface area contributed by atoms with Crippen LogP contribution in [-0.2, 0) is 17.4 Å². The number of carbonyl (C=O) groups is 1. The number of hydrogen-bond acceptors (Lipinski definition) is 2. The number of halogens is 3.